The van der Waals surface area contributed by atoms with Gasteiger partial charge >= 0.3 is 6.18 Å². The maximum Gasteiger partial charge on any atom is 0.418 e. The smallest absolute Gasteiger partial charge is 0.378 e. The number of rotatable bonds is 5. The van der Waals surface area contributed by atoms with Gasteiger partial charge in [-0.2, -0.15) is 13.2 Å². The first-order chi connectivity index (χ1) is 11.7. The van der Waals surface area contributed by atoms with Crippen LogP contribution in [0.5, 0.6) is 0 Å². The average Bonchev–Trinajstić information content (AvgIpc) is 2.54. The number of halogens is 3. The summed E-state index contributed by atoms with van der Waals surface area (Å²) in [7, 11) is 3.30. The molecule has 0 spiro atoms. The number of alkyl halides is 3. The van der Waals surface area contributed by atoms with Gasteiger partial charge in [-0.15, -0.1) is 11.8 Å². The van der Waals surface area contributed by atoms with Crippen molar-refractivity contribution in [3.63, 3.8) is 0 Å². The van der Waals surface area contributed by atoms with Crippen molar-refractivity contribution in [2.45, 2.75) is 18.1 Å². The summed E-state index contributed by atoms with van der Waals surface area (Å²) >= 11 is 1.45. The summed E-state index contributed by atoms with van der Waals surface area (Å²) in [5.74, 6) is 0.172. The van der Waals surface area contributed by atoms with E-state index in [1.54, 1.807) is 25.1 Å². The van der Waals surface area contributed by atoms with Gasteiger partial charge in [0.1, 0.15) is 0 Å². The number of nitrogens with zero attached hydrogens (tertiary/aromatic N) is 2. The zero-order valence-electron chi connectivity index (χ0n) is 14.0. The Balaban J connectivity index is 2.33. The monoisotopic (exact) mass is 369 g/mol. The minimum Gasteiger partial charge on any atom is -0.378 e. The number of carbonyl (C=O) groups excluding carboxylic acids is 1. The van der Waals surface area contributed by atoms with Crippen LogP contribution < -0.4 is 10.2 Å². The Kier molecular flexibility index (Phi) is 5.94. The first kappa shape index (κ1) is 19.1. The lowest BCUT2D eigenvalue weighted by atomic mass is 10.1. The largest absolute Gasteiger partial charge is 0.418 e. The Hall–Kier alpha value is -2.22. The van der Waals surface area contributed by atoms with Gasteiger partial charge in [-0.25, -0.2) is 4.98 Å². The van der Waals surface area contributed by atoms with Crippen molar-refractivity contribution in [1.29, 1.82) is 0 Å². The van der Waals surface area contributed by atoms with Crippen molar-refractivity contribution in [1.82, 2.24) is 4.98 Å². The SMILES string of the molecule is CCSc1cc(C(=O)Nc2ccc(N(C)C)cc2C(F)(F)F)ccn1. The molecule has 0 aliphatic heterocycles. The summed E-state index contributed by atoms with van der Waals surface area (Å²) in [6.45, 7) is 1.95. The van der Waals surface area contributed by atoms with Crippen LogP contribution in [0.25, 0.3) is 0 Å². The van der Waals surface area contributed by atoms with Crippen LogP contribution in [0, 0.1) is 0 Å². The maximum absolute atomic E-state index is 13.3. The normalized spacial score (nSPS) is 11.3. The van der Waals surface area contributed by atoms with Gasteiger partial charge in [0.25, 0.3) is 5.91 Å². The molecule has 2 rings (SSSR count). The van der Waals surface area contributed by atoms with Gasteiger partial charge < -0.3 is 10.2 Å². The van der Waals surface area contributed by atoms with Crippen LogP contribution >= 0.6 is 11.8 Å². The quantitative estimate of drug-likeness (QED) is 0.787. The molecule has 25 heavy (non-hydrogen) atoms. The van der Waals surface area contributed by atoms with Crippen LogP contribution in [-0.2, 0) is 6.18 Å². The zero-order chi connectivity index (χ0) is 18.6. The predicted octanol–water partition coefficient (Wildman–Crippen LogP) is 4.53. The van der Waals surface area contributed by atoms with Crippen molar-refractivity contribution in [3.05, 3.63) is 47.7 Å². The molecular weight excluding hydrogens is 351 g/mol. The van der Waals surface area contributed by atoms with Gasteiger partial charge in [0.15, 0.2) is 0 Å². The molecule has 4 nitrogen and oxygen atoms in total. The van der Waals surface area contributed by atoms with Gasteiger partial charge in [0, 0.05) is 31.5 Å². The van der Waals surface area contributed by atoms with Gasteiger partial charge in [-0.05, 0) is 36.1 Å². The topological polar surface area (TPSA) is 45.2 Å². The lowest BCUT2D eigenvalue weighted by Crippen LogP contribution is -2.18. The Morgan fingerprint density at radius 2 is 1.96 bits per heavy atom. The van der Waals surface area contributed by atoms with E-state index in [0.717, 1.165) is 11.8 Å². The van der Waals surface area contributed by atoms with Crippen LogP contribution in [0.4, 0.5) is 24.5 Å². The third kappa shape index (κ3) is 4.88. The standard InChI is InChI=1S/C17H18F3N3OS/c1-4-25-15-9-11(7-8-21-15)16(24)22-14-6-5-12(23(2)3)10-13(14)17(18,19)20/h5-10H,4H2,1-3H3,(H,22,24). The van der Waals surface area contributed by atoms with Gasteiger partial charge in [-0.3, -0.25) is 4.79 Å². The Morgan fingerprint density at radius 3 is 2.56 bits per heavy atom. The number of benzene rings is 1. The van der Waals surface area contributed by atoms with Gasteiger partial charge in [-0.1, -0.05) is 6.92 Å². The fourth-order valence-electron chi connectivity index (χ4n) is 2.13. The number of aromatic nitrogens is 1. The Labute approximate surface area is 148 Å². The van der Waals surface area contributed by atoms with E-state index in [1.165, 1.54) is 36.2 Å². The van der Waals surface area contributed by atoms with E-state index in [4.69, 9.17) is 0 Å². The summed E-state index contributed by atoms with van der Waals surface area (Å²) in [6.07, 6.45) is -3.11. The molecule has 0 aliphatic carbocycles. The molecule has 0 saturated carbocycles. The maximum atomic E-state index is 13.3. The zero-order valence-corrected chi connectivity index (χ0v) is 14.8. The predicted molar refractivity (Wildman–Crippen MR) is 94.4 cm³/mol. The molecule has 1 amide bonds. The first-order valence-electron chi connectivity index (χ1n) is 7.51. The molecule has 1 N–H and O–H groups in total. The second-order valence-corrected chi connectivity index (χ2v) is 6.68. The molecule has 134 valence electrons. The van der Waals surface area contributed by atoms with E-state index in [-0.39, 0.29) is 11.3 Å². The van der Waals surface area contributed by atoms with E-state index in [1.807, 2.05) is 6.92 Å². The van der Waals surface area contributed by atoms with E-state index >= 15 is 0 Å². The second kappa shape index (κ2) is 7.77. The molecule has 0 unspecified atom stereocenters. The molecule has 2 aromatic rings. The number of carbonyl (C=O) groups is 1. The fourth-order valence-corrected chi connectivity index (χ4v) is 2.77. The highest BCUT2D eigenvalue weighted by atomic mass is 32.2. The highest BCUT2D eigenvalue weighted by Gasteiger charge is 2.34. The molecule has 0 aliphatic rings. The summed E-state index contributed by atoms with van der Waals surface area (Å²) in [5.41, 5.74) is -0.500. The number of nitrogens with one attached hydrogen (secondary N) is 1. The van der Waals surface area contributed by atoms with E-state index in [9.17, 15) is 18.0 Å². The summed E-state index contributed by atoms with van der Waals surface area (Å²) in [4.78, 5) is 18.0. The van der Waals surface area contributed by atoms with E-state index in [2.05, 4.69) is 10.3 Å². The molecule has 1 aromatic carbocycles. The third-order valence-corrected chi connectivity index (χ3v) is 4.17. The first-order valence-corrected chi connectivity index (χ1v) is 8.49. The van der Waals surface area contributed by atoms with Crippen molar-refractivity contribution in [2.75, 3.05) is 30.1 Å². The number of thioether (sulfide) groups is 1. The Morgan fingerprint density at radius 1 is 1.24 bits per heavy atom. The van der Waals surface area contributed by atoms with E-state index < -0.39 is 17.6 Å². The summed E-state index contributed by atoms with van der Waals surface area (Å²) in [6, 6.07) is 6.83. The van der Waals surface area contributed by atoms with Gasteiger partial charge in [0.2, 0.25) is 0 Å². The van der Waals surface area contributed by atoms with Gasteiger partial charge in [0.05, 0.1) is 16.3 Å². The van der Waals surface area contributed by atoms with E-state index in [0.29, 0.717) is 10.7 Å². The number of hydrogen-bond acceptors (Lipinski definition) is 4. The Bertz CT molecular complexity index is 763. The molecule has 1 heterocycles. The minimum atomic E-state index is -4.57. The molecule has 0 radical (unpaired) electrons. The molecule has 8 heteroatoms. The second-order valence-electron chi connectivity index (χ2n) is 5.39. The number of amides is 1. The molecule has 1 aromatic heterocycles. The van der Waals surface area contributed by atoms with Crippen LogP contribution in [0.15, 0.2) is 41.6 Å². The molecule has 0 fully saturated rings. The number of hydrogen-bond donors (Lipinski definition) is 1. The van der Waals surface area contributed by atoms with Crippen molar-refractivity contribution in [2.24, 2.45) is 0 Å². The summed E-state index contributed by atoms with van der Waals surface area (Å²) in [5, 5.41) is 3.00. The van der Waals surface area contributed by atoms with Crippen molar-refractivity contribution in [3.8, 4) is 0 Å². The fraction of sp³-hybridized carbons (Fsp3) is 0.294. The van der Waals surface area contributed by atoms with Crippen LogP contribution in [0.1, 0.15) is 22.8 Å². The lowest BCUT2D eigenvalue weighted by molar-refractivity contribution is -0.136. The highest BCUT2D eigenvalue weighted by molar-refractivity contribution is 7.99. The molecule has 0 bridgehead atoms. The minimum absolute atomic E-state index is 0.260. The third-order valence-electron chi connectivity index (χ3n) is 3.36. The molecular formula is C17H18F3N3OS. The van der Waals surface area contributed by atoms with Crippen LogP contribution in [0.3, 0.4) is 0 Å². The summed E-state index contributed by atoms with van der Waals surface area (Å²) < 4.78 is 40.0. The average molecular weight is 369 g/mol. The van der Waals surface area contributed by atoms with Crippen LogP contribution in [0.2, 0.25) is 0 Å². The number of anilines is 2. The number of pyridine rings is 1. The molecule has 0 atom stereocenters. The van der Waals surface area contributed by atoms with Crippen molar-refractivity contribution >= 4 is 29.0 Å². The van der Waals surface area contributed by atoms with Crippen LogP contribution in [-0.4, -0.2) is 30.7 Å². The highest BCUT2D eigenvalue weighted by Crippen LogP contribution is 2.37. The lowest BCUT2D eigenvalue weighted by Gasteiger charge is -2.18. The molecule has 0 saturated heterocycles. The van der Waals surface area contributed by atoms with Crippen molar-refractivity contribution < 1.29 is 18.0 Å².